The zero-order valence-corrected chi connectivity index (χ0v) is 15.1. The summed E-state index contributed by atoms with van der Waals surface area (Å²) in [5.41, 5.74) is 6.37. The molecule has 0 fully saturated rings. The normalized spacial score (nSPS) is 12.7. The lowest BCUT2D eigenvalue weighted by atomic mass is 9.94. The highest BCUT2D eigenvalue weighted by Crippen LogP contribution is 2.28. The third kappa shape index (κ3) is 3.38. The Morgan fingerprint density at radius 3 is 2.57 bits per heavy atom. The molecular formula is C17H24BrN3. The summed E-state index contributed by atoms with van der Waals surface area (Å²) in [7, 11) is 2.01. The van der Waals surface area contributed by atoms with E-state index in [1.165, 1.54) is 22.4 Å². The van der Waals surface area contributed by atoms with Crippen LogP contribution in [-0.2, 0) is 13.5 Å². The molecule has 0 aliphatic carbocycles. The van der Waals surface area contributed by atoms with Crippen molar-refractivity contribution in [2.75, 3.05) is 6.54 Å². The Hall–Kier alpha value is -1.13. The van der Waals surface area contributed by atoms with Gasteiger partial charge in [-0.2, -0.15) is 5.10 Å². The van der Waals surface area contributed by atoms with Gasteiger partial charge in [0.25, 0.3) is 0 Å². The van der Waals surface area contributed by atoms with Crippen LogP contribution >= 0.6 is 15.9 Å². The minimum Gasteiger partial charge on any atom is -0.310 e. The lowest BCUT2D eigenvalue weighted by molar-refractivity contribution is 0.525. The van der Waals surface area contributed by atoms with E-state index in [-0.39, 0.29) is 0 Å². The molecule has 0 saturated carbocycles. The fourth-order valence-electron chi connectivity index (χ4n) is 2.78. The summed E-state index contributed by atoms with van der Waals surface area (Å²) in [6.07, 6.45) is 0.927. The highest BCUT2D eigenvalue weighted by Gasteiger charge is 2.19. The number of aryl methyl sites for hydroxylation is 3. The third-order valence-corrected chi connectivity index (χ3v) is 5.16. The zero-order valence-electron chi connectivity index (χ0n) is 13.5. The average molecular weight is 350 g/mol. The highest BCUT2D eigenvalue weighted by molar-refractivity contribution is 9.10. The van der Waals surface area contributed by atoms with Crippen LogP contribution in [-0.4, -0.2) is 16.3 Å². The fraction of sp³-hybridized carbons (Fsp3) is 0.471. The van der Waals surface area contributed by atoms with E-state index in [2.05, 4.69) is 65.3 Å². The molecule has 3 nitrogen and oxygen atoms in total. The van der Waals surface area contributed by atoms with Crippen molar-refractivity contribution in [2.24, 2.45) is 7.05 Å². The molecule has 1 aromatic carbocycles. The summed E-state index contributed by atoms with van der Waals surface area (Å²) in [6.45, 7) is 9.52. The van der Waals surface area contributed by atoms with Gasteiger partial charge in [-0.3, -0.25) is 4.68 Å². The maximum Gasteiger partial charge on any atom is 0.0738 e. The van der Waals surface area contributed by atoms with Crippen molar-refractivity contribution < 1.29 is 0 Å². The molecule has 1 N–H and O–H groups in total. The number of nitrogens with one attached hydrogen (secondary N) is 1. The maximum atomic E-state index is 4.50. The van der Waals surface area contributed by atoms with Crippen LogP contribution in [0.4, 0.5) is 0 Å². The van der Waals surface area contributed by atoms with Gasteiger partial charge in [-0.1, -0.05) is 25.1 Å². The molecule has 4 heteroatoms. The van der Waals surface area contributed by atoms with E-state index < -0.39 is 0 Å². The molecule has 1 unspecified atom stereocenters. The second kappa shape index (κ2) is 6.75. The molecular weight excluding hydrogens is 326 g/mol. The Bertz CT molecular complexity index is 631. The van der Waals surface area contributed by atoms with Crippen LogP contribution in [0, 0.1) is 20.8 Å². The number of hydrogen-bond acceptors (Lipinski definition) is 2. The monoisotopic (exact) mass is 349 g/mol. The van der Waals surface area contributed by atoms with E-state index in [4.69, 9.17) is 0 Å². The standard InChI is InChI=1S/C17H24BrN3/c1-6-19-15(14-9-7-8-11(2)12(14)3)10-16-17(18)13(4)20-21(16)5/h7-9,15,19H,6,10H2,1-5H3. The van der Waals surface area contributed by atoms with Crippen LogP contribution in [0.5, 0.6) is 0 Å². The smallest absolute Gasteiger partial charge is 0.0738 e. The van der Waals surface area contributed by atoms with Crippen LogP contribution in [0.2, 0.25) is 0 Å². The van der Waals surface area contributed by atoms with Gasteiger partial charge in [-0.25, -0.2) is 0 Å². The predicted octanol–water partition coefficient (Wildman–Crippen LogP) is 4.00. The SMILES string of the molecule is CCNC(Cc1c(Br)c(C)nn1C)c1cccc(C)c1C. The largest absolute Gasteiger partial charge is 0.310 e. The molecule has 0 radical (unpaired) electrons. The molecule has 0 spiro atoms. The molecule has 114 valence electrons. The summed E-state index contributed by atoms with van der Waals surface area (Å²) >= 11 is 3.68. The first-order valence-corrected chi connectivity index (χ1v) is 8.22. The summed E-state index contributed by atoms with van der Waals surface area (Å²) in [5.74, 6) is 0. The molecule has 2 rings (SSSR count). The average Bonchev–Trinajstić information content (AvgIpc) is 2.68. The van der Waals surface area contributed by atoms with E-state index in [1.807, 2.05) is 18.7 Å². The number of nitrogens with zero attached hydrogens (tertiary/aromatic N) is 2. The second-order valence-electron chi connectivity index (χ2n) is 5.57. The van der Waals surface area contributed by atoms with E-state index in [1.54, 1.807) is 0 Å². The Labute approximate surface area is 135 Å². The van der Waals surface area contributed by atoms with Crippen molar-refractivity contribution in [3.8, 4) is 0 Å². The number of aromatic nitrogens is 2. The lowest BCUT2D eigenvalue weighted by Gasteiger charge is -2.22. The fourth-order valence-corrected chi connectivity index (χ4v) is 3.28. The van der Waals surface area contributed by atoms with Crippen molar-refractivity contribution in [1.29, 1.82) is 0 Å². The van der Waals surface area contributed by atoms with Gasteiger partial charge in [0.05, 0.1) is 15.9 Å². The molecule has 2 aromatic rings. The number of halogens is 1. The molecule has 21 heavy (non-hydrogen) atoms. The number of benzene rings is 1. The minimum absolute atomic E-state index is 0.306. The Balaban J connectivity index is 2.38. The van der Waals surface area contributed by atoms with E-state index in [9.17, 15) is 0 Å². The van der Waals surface area contributed by atoms with E-state index in [0.29, 0.717) is 6.04 Å². The van der Waals surface area contributed by atoms with Crippen molar-refractivity contribution >= 4 is 15.9 Å². The van der Waals surface area contributed by atoms with Gasteiger partial charge < -0.3 is 5.32 Å². The Morgan fingerprint density at radius 1 is 1.29 bits per heavy atom. The van der Waals surface area contributed by atoms with Gasteiger partial charge in [-0.15, -0.1) is 0 Å². The van der Waals surface area contributed by atoms with Crippen LogP contribution in [0.1, 0.15) is 41.0 Å². The van der Waals surface area contributed by atoms with Gasteiger partial charge in [0.2, 0.25) is 0 Å². The van der Waals surface area contributed by atoms with Crippen LogP contribution in [0.15, 0.2) is 22.7 Å². The van der Waals surface area contributed by atoms with Crippen molar-refractivity contribution in [3.63, 3.8) is 0 Å². The van der Waals surface area contributed by atoms with E-state index in [0.717, 1.165) is 23.1 Å². The number of likely N-dealkylation sites (N-methyl/N-ethyl adjacent to an activating group) is 1. The van der Waals surface area contributed by atoms with E-state index >= 15 is 0 Å². The highest BCUT2D eigenvalue weighted by atomic mass is 79.9. The first kappa shape index (κ1) is 16.2. The topological polar surface area (TPSA) is 29.9 Å². The minimum atomic E-state index is 0.306. The van der Waals surface area contributed by atoms with Gasteiger partial charge in [0.15, 0.2) is 0 Å². The molecule has 0 saturated heterocycles. The molecule has 0 bridgehead atoms. The van der Waals surface area contributed by atoms with Gasteiger partial charge in [0, 0.05) is 19.5 Å². The third-order valence-electron chi connectivity index (χ3n) is 4.13. The number of hydrogen-bond donors (Lipinski definition) is 1. The summed E-state index contributed by atoms with van der Waals surface area (Å²) < 4.78 is 3.10. The quantitative estimate of drug-likeness (QED) is 0.883. The molecule has 0 aliphatic heterocycles. The molecule has 0 aliphatic rings. The van der Waals surface area contributed by atoms with Crippen molar-refractivity contribution in [1.82, 2.24) is 15.1 Å². The maximum absolute atomic E-state index is 4.50. The molecule has 1 aromatic heterocycles. The first-order valence-electron chi connectivity index (χ1n) is 7.43. The lowest BCUT2D eigenvalue weighted by Crippen LogP contribution is -2.25. The Morgan fingerprint density at radius 2 is 2.00 bits per heavy atom. The van der Waals surface area contributed by atoms with Crippen molar-refractivity contribution in [2.45, 2.75) is 40.2 Å². The number of rotatable bonds is 5. The first-order chi connectivity index (χ1) is 9.95. The second-order valence-corrected chi connectivity index (χ2v) is 6.37. The predicted molar refractivity (Wildman–Crippen MR) is 91.7 cm³/mol. The summed E-state index contributed by atoms with van der Waals surface area (Å²) in [6, 6.07) is 6.85. The zero-order chi connectivity index (χ0) is 15.6. The molecule has 1 atom stereocenters. The molecule has 1 heterocycles. The molecule has 0 amide bonds. The van der Waals surface area contributed by atoms with Crippen molar-refractivity contribution in [3.05, 3.63) is 50.8 Å². The van der Waals surface area contributed by atoms with Gasteiger partial charge in [0.1, 0.15) is 0 Å². The summed E-state index contributed by atoms with van der Waals surface area (Å²) in [4.78, 5) is 0. The van der Waals surface area contributed by atoms with Crippen LogP contribution < -0.4 is 5.32 Å². The Kier molecular flexibility index (Phi) is 5.22. The van der Waals surface area contributed by atoms with Gasteiger partial charge >= 0.3 is 0 Å². The van der Waals surface area contributed by atoms with Crippen LogP contribution in [0.3, 0.4) is 0 Å². The van der Waals surface area contributed by atoms with Crippen LogP contribution in [0.25, 0.3) is 0 Å². The summed E-state index contributed by atoms with van der Waals surface area (Å²) in [5, 5.41) is 8.12. The van der Waals surface area contributed by atoms with Gasteiger partial charge in [-0.05, 0) is 59.9 Å².